The second kappa shape index (κ2) is 5.09. The standard InChI is InChI=1S/C15H16F2N2O2/c1-8(12-5-9-2-3-10(12)4-9)18-15-13(17)6-11(16)7-14(15)19(20)21/h2-3,6-10,12,18H,4-5H2,1H3. The molecule has 112 valence electrons. The lowest BCUT2D eigenvalue weighted by atomic mass is 9.87. The first-order valence-corrected chi connectivity index (χ1v) is 7.04. The molecule has 2 aliphatic rings. The summed E-state index contributed by atoms with van der Waals surface area (Å²) in [6, 6.07) is 1.31. The molecule has 21 heavy (non-hydrogen) atoms. The molecule has 6 heteroatoms. The summed E-state index contributed by atoms with van der Waals surface area (Å²) in [5, 5.41) is 13.9. The van der Waals surface area contributed by atoms with E-state index in [4.69, 9.17) is 0 Å². The van der Waals surface area contributed by atoms with Gasteiger partial charge in [0.1, 0.15) is 11.5 Å². The topological polar surface area (TPSA) is 55.2 Å². The Morgan fingerprint density at radius 3 is 2.67 bits per heavy atom. The molecule has 1 aromatic carbocycles. The zero-order chi connectivity index (χ0) is 15.1. The molecule has 1 N–H and O–H groups in total. The smallest absolute Gasteiger partial charge is 0.298 e. The van der Waals surface area contributed by atoms with Gasteiger partial charge in [-0.25, -0.2) is 8.78 Å². The summed E-state index contributed by atoms with van der Waals surface area (Å²) in [5.41, 5.74) is -0.779. The Labute approximate surface area is 121 Å². The molecule has 4 unspecified atom stereocenters. The van der Waals surface area contributed by atoms with Crippen molar-refractivity contribution in [2.75, 3.05) is 5.32 Å². The van der Waals surface area contributed by atoms with Gasteiger partial charge < -0.3 is 5.32 Å². The highest BCUT2D eigenvalue weighted by molar-refractivity contribution is 5.63. The van der Waals surface area contributed by atoms with Crippen molar-refractivity contribution in [1.82, 2.24) is 0 Å². The van der Waals surface area contributed by atoms with E-state index < -0.39 is 22.2 Å². The fourth-order valence-corrected chi connectivity index (χ4v) is 3.58. The summed E-state index contributed by atoms with van der Waals surface area (Å²) in [7, 11) is 0. The Morgan fingerprint density at radius 2 is 2.10 bits per heavy atom. The van der Waals surface area contributed by atoms with Crippen LogP contribution in [0.3, 0.4) is 0 Å². The van der Waals surface area contributed by atoms with Gasteiger partial charge in [0.15, 0.2) is 5.82 Å². The van der Waals surface area contributed by atoms with Gasteiger partial charge in [-0.3, -0.25) is 10.1 Å². The van der Waals surface area contributed by atoms with Crippen LogP contribution in [-0.4, -0.2) is 11.0 Å². The lowest BCUT2D eigenvalue weighted by Crippen LogP contribution is -2.29. The molecule has 0 aromatic heterocycles. The maximum absolute atomic E-state index is 13.9. The molecule has 0 heterocycles. The molecule has 2 bridgehead atoms. The van der Waals surface area contributed by atoms with Crippen LogP contribution >= 0.6 is 0 Å². The summed E-state index contributed by atoms with van der Waals surface area (Å²) in [4.78, 5) is 10.2. The molecule has 4 atom stereocenters. The third-order valence-electron chi connectivity index (χ3n) is 4.58. The number of nitrogens with one attached hydrogen (secondary N) is 1. The van der Waals surface area contributed by atoms with Crippen molar-refractivity contribution in [2.24, 2.45) is 17.8 Å². The highest BCUT2D eigenvalue weighted by atomic mass is 19.1. The van der Waals surface area contributed by atoms with Crippen molar-refractivity contribution < 1.29 is 13.7 Å². The molecule has 4 nitrogen and oxygen atoms in total. The van der Waals surface area contributed by atoms with E-state index in [1.807, 2.05) is 6.92 Å². The molecule has 0 aliphatic heterocycles. The fraction of sp³-hybridized carbons (Fsp3) is 0.467. The van der Waals surface area contributed by atoms with Crippen LogP contribution in [0.2, 0.25) is 0 Å². The summed E-state index contributed by atoms with van der Waals surface area (Å²) < 4.78 is 27.0. The third-order valence-corrected chi connectivity index (χ3v) is 4.58. The van der Waals surface area contributed by atoms with Gasteiger partial charge in [0.05, 0.1) is 11.0 Å². The van der Waals surface area contributed by atoms with E-state index in [9.17, 15) is 18.9 Å². The predicted molar refractivity (Wildman–Crippen MR) is 74.9 cm³/mol. The number of hydrogen-bond acceptors (Lipinski definition) is 3. The Kier molecular flexibility index (Phi) is 3.39. The van der Waals surface area contributed by atoms with E-state index in [2.05, 4.69) is 17.5 Å². The number of rotatable bonds is 4. The number of nitro benzene ring substituents is 1. The Hall–Kier alpha value is -1.98. The SMILES string of the molecule is CC(Nc1c(F)cc(F)cc1[N+](=O)[O-])C1CC2C=CC1C2. The van der Waals surface area contributed by atoms with Crippen LogP contribution in [0, 0.1) is 39.5 Å². The van der Waals surface area contributed by atoms with Crippen molar-refractivity contribution in [2.45, 2.75) is 25.8 Å². The highest BCUT2D eigenvalue weighted by Gasteiger charge is 2.39. The number of hydrogen-bond donors (Lipinski definition) is 1. The molecule has 1 saturated carbocycles. The number of allylic oxidation sites excluding steroid dienone is 2. The van der Waals surface area contributed by atoms with Gasteiger partial charge in [-0.1, -0.05) is 12.2 Å². The molecule has 1 aromatic rings. The van der Waals surface area contributed by atoms with E-state index in [0.717, 1.165) is 18.9 Å². The summed E-state index contributed by atoms with van der Waals surface area (Å²) in [6.07, 6.45) is 6.48. The first-order chi connectivity index (χ1) is 9.95. The lowest BCUT2D eigenvalue weighted by Gasteiger charge is -2.27. The van der Waals surface area contributed by atoms with E-state index in [1.165, 1.54) is 0 Å². The van der Waals surface area contributed by atoms with Crippen LogP contribution < -0.4 is 5.32 Å². The number of benzene rings is 1. The van der Waals surface area contributed by atoms with E-state index in [1.54, 1.807) is 0 Å². The average Bonchev–Trinajstić information content (AvgIpc) is 3.03. The highest BCUT2D eigenvalue weighted by Crippen LogP contribution is 2.45. The Morgan fingerprint density at radius 1 is 1.33 bits per heavy atom. The van der Waals surface area contributed by atoms with Crippen LogP contribution in [0.4, 0.5) is 20.2 Å². The van der Waals surface area contributed by atoms with Crippen molar-refractivity contribution in [1.29, 1.82) is 0 Å². The summed E-state index contributed by atoms with van der Waals surface area (Å²) in [6.45, 7) is 1.89. The van der Waals surface area contributed by atoms with Crippen LogP contribution in [0.25, 0.3) is 0 Å². The number of fused-ring (bicyclic) bond motifs is 2. The predicted octanol–water partition coefficient (Wildman–Crippen LogP) is 3.89. The van der Waals surface area contributed by atoms with Crippen LogP contribution in [0.15, 0.2) is 24.3 Å². The minimum Gasteiger partial charge on any atom is -0.374 e. The molecular formula is C15H16F2N2O2. The van der Waals surface area contributed by atoms with Gasteiger partial charge in [-0.15, -0.1) is 0 Å². The monoisotopic (exact) mass is 294 g/mol. The quantitative estimate of drug-likeness (QED) is 0.521. The van der Waals surface area contributed by atoms with Gasteiger partial charge in [0.2, 0.25) is 0 Å². The first-order valence-electron chi connectivity index (χ1n) is 7.04. The number of nitro groups is 1. The van der Waals surface area contributed by atoms with Crippen LogP contribution in [-0.2, 0) is 0 Å². The normalized spacial score (nSPS) is 27.9. The molecule has 1 fully saturated rings. The second-order valence-electron chi connectivity index (χ2n) is 5.92. The minimum atomic E-state index is -0.944. The molecule has 0 radical (unpaired) electrons. The maximum Gasteiger partial charge on any atom is 0.298 e. The van der Waals surface area contributed by atoms with Gasteiger partial charge in [-0.2, -0.15) is 0 Å². The van der Waals surface area contributed by atoms with Crippen molar-refractivity contribution in [3.63, 3.8) is 0 Å². The average molecular weight is 294 g/mol. The molecule has 2 aliphatic carbocycles. The van der Waals surface area contributed by atoms with E-state index >= 15 is 0 Å². The lowest BCUT2D eigenvalue weighted by molar-refractivity contribution is -0.384. The van der Waals surface area contributed by atoms with Gasteiger partial charge in [0.25, 0.3) is 5.69 Å². The number of anilines is 1. The Balaban J connectivity index is 1.84. The molecular weight excluding hydrogens is 278 g/mol. The summed E-state index contributed by atoms with van der Waals surface area (Å²) >= 11 is 0. The van der Waals surface area contributed by atoms with Crippen molar-refractivity contribution in [3.8, 4) is 0 Å². The van der Waals surface area contributed by atoms with Gasteiger partial charge in [0, 0.05) is 12.1 Å². The zero-order valence-corrected chi connectivity index (χ0v) is 11.6. The van der Waals surface area contributed by atoms with Crippen molar-refractivity contribution in [3.05, 3.63) is 46.0 Å². The molecule has 0 amide bonds. The second-order valence-corrected chi connectivity index (χ2v) is 5.92. The summed E-state index contributed by atoms with van der Waals surface area (Å²) in [5.74, 6) is -0.533. The number of halogens is 2. The maximum atomic E-state index is 13.9. The molecule has 0 saturated heterocycles. The van der Waals surface area contributed by atoms with Crippen LogP contribution in [0.1, 0.15) is 19.8 Å². The van der Waals surface area contributed by atoms with E-state index in [0.29, 0.717) is 23.8 Å². The van der Waals surface area contributed by atoms with Gasteiger partial charge in [-0.05, 0) is 37.5 Å². The zero-order valence-electron chi connectivity index (χ0n) is 11.6. The van der Waals surface area contributed by atoms with Gasteiger partial charge >= 0.3 is 0 Å². The minimum absolute atomic E-state index is 0.108. The molecule has 0 spiro atoms. The molecule has 3 rings (SSSR count). The first kappa shape index (κ1) is 14.0. The fourth-order valence-electron chi connectivity index (χ4n) is 3.58. The number of nitrogens with zero attached hydrogens (tertiary/aromatic N) is 1. The van der Waals surface area contributed by atoms with Crippen molar-refractivity contribution >= 4 is 11.4 Å². The van der Waals surface area contributed by atoms with E-state index in [-0.39, 0.29) is 11.7 Å². The largest absolute Gasteiger partial charge is 0.374 e. The third kappa shape index (κ3) is 2.50. The Bertz CT molecular complexity index is 618. The van der Waals surface area contributed by atoms with Crippen LogP contribution in [0.5, 0.6) is 0 Å².